The minimum Gasteiger partial charge on any atom is -0.299 e. The molecule has 0 bridgehead atoms. The van der Waals surface area contributed by atoms with Crippen molar-refractivity contribution in [2.75, 3.05) is 19.6 Å². The fraction of sp³-hybridized carbons (Fsp3) is 0.778. The molecule has 1 heteroatoms. The van der Waals surface area contributed by atoms with Crippen molar-refractivity contribution in [1.82, 2.24) is 4.90 Å². The molecule has 0 aromatic carbocycles. The van der Waals surface area contributed by atoms with Gasteiger partial charge in [-0.15, -0.1) is 0 Å². The molecule has 2 fully saturated rings. The molecule has 1 spiro atoms. The molecule has 0 unspecified atom stereocenters. The first-order valence-corrected chi connectivity index (χ1v) is 4.17. The third-order valence-electron chi connectivity index (χ3n) is 2.99. The smallest absolute Gasteiger partial charge is 0.0196 e. The molecule has 0 atom stereocenters. The molecule has 0 aromatic heterocycles. The summed E-state index contributed by atoms with van der Waals surface area (Å²) in [7, 11) is 0. The Kier molecular flexibility index (Phi) is 1.19. The Labute approximate surface area is 62.7 Å². The van der Waals surface area contributed by atoms with Crippen LogP contribution in [0.2, 0.25) is 0 Å². The Balaban J connectivity index is 2.08. The van der Waals surface area contributed by atoms with Gasteiger partial charge in [0.15, 0.2) is 0 Å². The summed E-state index contributed by atoms with van der Waals surface area (Å²) in [6.07, 6.45) is 2.81. The maximum atomic E-state index is 4.13. The number of likely N-dealkylation sites (tertiary alicyclic amines) is 1. The summed E-state index contributed by atoms with van der Waals surface area (Å²) in [5.41, 5.74) is 2.10. The SMILES string of the molecule is C=C1CN(CC)CC12CC2. The van der Waals surface area contributed by atoms with E-state index < -0.39 is 0 Å². The third-order valence-corrected chi connectivity index (χ3v) is 2.99. The third kappa shape index (κ3) is 0.734. The lowest BCUT2D eigenvalue weighted by Crippen LogP contribution is -2.19. The summed E-state index contributed by atoms with van der Waals surface area (Å²) < 4.78 is 0. The normalized spacial score (nSPS) is 29.9. The quantitative estimate of drug-likeness (QED) is 0.497. The lowest BCUT2D eigenvalue weighted by Gasteiger charge is -2.10. The molecule has 10 heavy (non-hydrogen) atoms. The maximum Gasteiger partial charge on any atom is 0.0196 e. The molecule has 1 saturated carbocycles. The van der Waals surface area contributed by atoms with Crippen molar-refractivity contribution in [1.29, 1.82) is 0 Å². The highest BCUT2D eigenvalue weighted by atomic mass is 15.2. The van der Waals surface area contributed by atoms with Gasteiger partial charge in [-0.3, -0.25) is 4.90 Å². The highest BCUT2D eigenvalue weighted by Gasteiger charge is 2.49. The van der Waals surface area contributed by atoms with Gasteiger partial charge in [0.1, 0.15) is 0 Å². The summed E-state index contributed by atoms with van der Waals surface area (Å²) >= 11 is 0. The van der Waals surface area contributed by atoms with Crippen LogP contribution in [0.4, 0.5) is 0 Å². The second-order valence-electron chi connectivity index (χ2n) is 3.69. The van der Waals surface area contributed by atoms with Gasteiger partial charge in [-0.1, -0.05) is 19.1 Å². The lowest BCUT2D eigenvalue weighted by atomic mass is 10.0. The molecule has 2 aliphatic rings. The van der Waals surface area contributed by atoms with Gasteiger partial charge >= 0.3 is 0 Å². The van der Waals surface area contributed by atoms with Gasteiger partial charge in [0.05, 0.1) is 0 Å². The molecule has 1 saturated heterocycles. The predicted octanol–water partition coefficient (Wildman–Crippen LogP) is 1.66. The van der Waals surface area contributed by atoms with E-state index in [-0.39, 0.29) is 0 Å². The van der Waals surface area contributed by atoms with Crippen LogP contribution in [0.5, 0.6) is 0 Å². The van der Waals surface area contributed by atoms with E-state index in [0.717, 1.165) is 6.54 Å². The maximum absolute atomic E-state index is 4.13. The summed E-state index contributed by atoms with van der Waals surface area (Å²) in [6.45, 7) is 10.0. The predicted molar refractivity (Wildman–Crippen MR) is 42.9 cm³/mol. The van der Waals surface area contributed by atoms with Gasteiger partial charge in [-0.2, -0.15) is 0 Å². The highest BCUT2D eigenvalue weighted by Crippen LogP contribution is 2.55. The van der Waals surface area contributed by atoms with Gasteiger partial charge in [0, 0.05) is 18.5 Å². The minimum absolute atomic E-state index is 0.607. The zero-order chi connectivity index (χ0) is 7.19. The summed E-state index contributed by atoms with van der Waals surface area (Å²) in [5.74, 6) is 0. The fourth-order valence-corrected chi connectivity index (χ4v) is 1.92. The van der Waals surface area contributed by atoms with Crippen LogP contribution >= 0.6 is 0 Å². The molecule has 56 valence electrons. The van der Waals surface area contributed by atoms with Gasteiger partial charge in [-0.25, -0.2) is 0 Å². The fourth-order valence-electron chi connectivity index (χ4n) is 1.92. The van der Waals surface area contributed by atoms with E-state index in [2.05, 4.69) is 18.4 Å². The van der Waals surface area contributed by atoms with Gasteiger partial charge in [0.25, 0.3) is 0 Å². The van der Waals surface area contributed by atoms with E-state index in [4.69, 9.17) is 0 Å². The Morgan fingerprint density at radius 2 is 2.30 bits per heavy atom. The molecule has 0 radical (unpaired) electrons. The van der Waals surface area contributed by atoms with Gasteiger partial charge < -0.3 is 0 Å². The monoisotopic (exact) mass is 137 g/mol. The summed E-state index contributed by atoms with van der Waals surface area (Å²) in [5, 5.41) is 0. The molecular weight excluding hydrogens is 122 g/mol. The lowest BCUT2D eigenvalue weighted by molar-refractivity contribution is 0.338. The molecule has 0 amide bonds. The Morgan fingerprint density at radius 3 is 2.60 bits per heavy atom. The van der Waals surface area contributed by atoms with Crippen LogP contribution in [0.15, 0.2) is 12.2 Å². The van der Waals surface area contributed by atoms with Crippen molar-refractivity contribution in [3.63, 3.8) is 0 Å². The van der Waals surface area contributed by atoms with Crippen molar-refractivity contribution in [3.05, 3.63) is 12.2 Å². The first kappa shape index (κ1) is 6.41. The Morgan fingerprint density at radius 1 is 1.60 bits per heavy atom. The zero-order valence-corrected chi connectivity index (χ0v) is 6.69. The van der Waals surface area contributed by atoms with Crippen LogP contribution in [0.3, 0.4) is 0 Å². The number of hydrogen-bond acceptors (Lipinski definition) is 1. The van der Waals surface area contributed by atoms with Gasteiger partial charge in [-0.05, 0) is 19.4 Å². The second-order valence-corrected chi connectivity index (χ2v) is 3.69. The molecular formula is C9H15N. The van der Waals surface area contributed by atoms with Crippen LogP contribution in [0.25, 0.3) is 0 Å². The number of hydrogen-bond donors (Lipinski definition) is 0. The number of nitrogens with zero attached hydrogens (tertiary/aromatic N) is 1. The van der Waals surface area contributed by atoms with E-state index in [1.54, 1.807) is 0 Å². The van der Waals surface area contributed by atoms with E-state index >= 15 is 0 Å². The van der Waals surface area contributed by atoms with Crippen molar-refractivity contribution in [2.45, 2.75) is 19.8 Å². The van der Waals surface area contributed by atoms with E-state index in [9.17, 15) is 0 Å². The van der Waals surface area contributed by atoms with E-state index in [1.807, 2.05) is 0 Å². The van der Waals surface area contributed by atoms with E-state index in [0.29, 0.717) is 5.41 Å². The molecule has 1 heterocycles. The van der Waals surface area contributed by atoms with E-state index in [1.165, 1.54) is 31.5 Å². The van der Waals surface area contributed by atoms with Crippen molar-refractivity contribution >= 4 is 0 Å². The average molecular weight is 137 g/mol. The first-order valence-electron chi connectivity index (χ1n) is 4.17. The van der Waals surface area contributed by atoms with Crippen LogP contribution < -0.4 is 0 Å². The second kappa shape index (κ2) is 1.85. The molecule has 2 rings (SSSR count). The number of likely N-dealkylation sites (N-methyl/N-ethyl adjacent to an activating group) is 1. The summed E-state index contributed by atoms with van der Waals surface area (Å²) in [6, 6.07) is 0. The standard InChI is InChI=1S/C9H15N/c1-3-10-6-8(2)9(7-10)4-5-9/h2-7H2,1H3. The summed E-state index contributed by atoms with van der Waals surface area (Å²) in [4.78, 5) is 2.50. The molecule has 1 aliphatic heterocycles. The zero-order valence-electron chi connectivity index (χ0n) is 6.69. The highest BCUT2D eigenvalue weighted by molar-refractivity contribution is 5.25. The van der Waals surface area contributed by atoms with Crippen LogP contribution in [-0.4, -0.2) is 24.5 Å². The molecule has 0 aromatic rings. The topological polar surface area (TPSA) is 3.24 Å². The van der Waals surface area contributed by atoms with Crippen LogP contribution in [-0.2, 0) is 0 Å². The average Bonchev–Trinajstić information content (AvgIpc) is 2.60. The van der Waals surface area contributed by atoms with Crippen molar-refractivity contribution in [2.24, 2.45) is 5.41 Å². The Hall–Kier alpha value is -0.300. The number of rotatable bonds is 1. The van der Waals surface area contributed by atoms with Crippen molar-refractivity contribution in [3.8, 4) is 0 Å². The Bertz CT molecular complexity index is 168. The molecule has 1 nitrogen and oxygen atoms in total. The molecule has 1 aliphatic carbocycles. The van der Waals surface area contributed by atoms with Gasteiger partial charge in [0.2, 0.25) is 0 Å². The largest absolute Gasteiger partial charge is 0.299 e. The van der Waals surface area contributed by atoms with Crippen LogP contribution in [0, 0.1) is 5.41 Å². The minimum atomic E-state index is 0.607. The molecule has 0 N–H and O–H groups in total. The van der Waals surface area contributed by atoms with Crippen LogP contribution in [0.1, 0.15) is 19.8 Å². The van der Waals surface area contributed by atoms with Crippen molar-refractivity contribution < 1.29 is 0 Å². The first-order chi connectivity index (χ1) is 4.77.